The summed E-state index contributed by atoms with van der Waals surface area (Å²) in [5.41, 5.74) is 0.856. The van der Waals surface area contributed by atoms with Crippen LogP contribution in [0.15, 0.2) is 18.2 Å². The predicted molar refractivity (Wildman–Crippen MR) is 64.0 cm³/mol. The lowest BCUT2D eigenvalue weighted by Crippen LogP contribution is -2.44. The third-order valence-electron chi connectivity index (χ3n) is 3.02. The Morgan fingerprint density at radius 1 is 1.53 bits per heavy atom. The first-order valence-electron chi connectivity index (χ1n) is 5.75. The number of Topliss-reactive ketones (excluding diaryl/α,β-unsaturated/α-hetero) is 1. The van der Waals surface area contributed by atoms with E-state index < -0.39 is 5.82 Å². The normalized spacial score (nSPS) is 20.4. The molecule has 0 saturated carbocycles. The van der Waals surface area contributed by atoms with E-state index in [1.165, 1.54) is 13.0 Å². The Hall–Kier alpha value is -1.42. The summed E-state index contributed by atoms with van der Waals surface area (Å²) in [7, 11) is 0. The topological polar surface area (TPSA) is 29.5 Å². The second kappa shape index (κ2) is 4.84. The van der Waals surface area contributed by atoms with Gasteiger partial charge in [0.05, 0.1) is 24.5 Å². The van der Waals surface area contributed by atoms with Crippen LogP contribution in [0.3, 0.4) is 0 Å². The Morgan fingerprint density at radius 2 is 2.29 bits per heavy atom. The predicted octanol–water partition coefficient (Wildman–Crippen LogP) is 2.25. The lowest BCUT2D eigenvalue weighted by Gasteiger charge is -2.36. The van der Waals surface area contributed by atoms with Crippen LogP contribution in [0.2, 0.25) is 0 Å². The highest BCUT2D eigenvalue weighted by Gasteiger charge is 2.24. The minimum absolute atomic E-state index is 0.156. The van der Waals surface area contributed by atoms with Crippen LogP contribution >= 0.6 is 0 Å². The molecule has 1 aromatic rings. The molecular formula is C13H16FNO2. The van der Waals surface area contributed by atoms with E-state index in [1.54, 1.807) is 12.1 Å². The number of halogens is 1. The van der Waals surface area contributed by atoms with Gasteiger partial charge in [0, 0.05) is 12.6 Å². The van der Waals surface area contributed by atoms with Crippen molar-refractivity contribution in [3.63, 3.8) is 0 Å². The molecular weight excluding hydrogens is 221 g/mol. The van der Waals surface area contributed by atoms with Gasteiger partial charge in [-0.15, -0.1) is 0 Å². The summed E-state index contributed by atoms with van der Waals surface area (Å²) in [5, 5.41) is 0. The van der Waals surface area contributed by atoms with Crippen LogP contribution in [0.1, 0.15) is 24.2 Å². The standard InChI is InChI=1S/C13H16FNO2/c1-9-8-17-7-6-15(9)12-5-3-4-11(14)13(12)10(2)16/h3-5,9H,6-8H2,1-2H3/t9-/m0/s1. The Labute approximate surface area is 100 Å². The van der Waals surface area contributed by atoms with Gasteiger partial charge in [-0.05, 0) is 26.0 Å². The number of carbonyl (C=O) groups is 1. The van der Waals surface area contributed by atoms with Crippen LogP contribution < -0.4 is 4.90 Å². The van der Waals surface area contributed by atoms with Crippen molar-refractivity contribution in [1.29, 1.82) is 0 Å². The average Bonchev–Trinajstić information content (AvgIpc) is 2.28. The first kappa shape index (κ1) is 12.0. The van der Waals surface area contributed by atoms with Crippen LogP contribution in [0.25, 0.3) is 0 Å². The number of benzene rings is 1. The maximum Gasteiger partial charge on any atom is 0.164 e. The molecule has 0 spiro atoms. The van der Waals surface area contributed by atoms with Crippen molar-refractivity contribution in [2.45, 2.75) is 19.9 Å². The van der Waals surface area contributed by atoms with Crippen molar-refractivity contribution < 1.29 is 13.9 Å². The number of anilines is 1. The molecule has 0 bridgehead atoms. The molecule has 1 aromatic carbocycles. The molecule has 0 amide bonds. The zero-order valence-electron chi connectivity index (χ0n) is 10.1. The van der Waals surface area contributed by atoms with Crippen molar-refractivity contribution in [3.05, 3.63) is 29.6 Å². The van der Waals surface area contributed by atoms with E-state index in [-0.39, 0.29) is 17.4 Å². The van der Waals surface area contributed by atoms with Crippen LogP contribution in [-0.2, 0) is 4.74 Å². The second-order valence-corrected chi connectivity index (χ2v) is 4.31. The molecule has 1 heterocycles. The number of hydrogen-bond acceptors (Lipinski definition) is 3. The highest BCUT2D eigenvalue weighted by atomic mass is 19.1. The van der Waals surface area contributed by atoms with Crippen molar-refractivity contribution >= 4 is 11.5 Å². The number of ketones is 1. The van der Waals surface area contributed by atoms with Crippen molar-refractivity contribution in [2.75, 3.05) is 24.7 Å². The summed E-state index contributed by atoms with van der Waals surface area (Å²) in [4.78, 5) is 13.6. The van der Waals surface area contributed by atoms with Gasteiger partial charge >= 0.3 is 0 Å². The lowest BCUT2D eigenvalue weighted by molar-refractivity contribution is 0.0971. The van der Waals surface area contributed by atoms with Crippen molar-refractivity contribution in [2.24, 2.45) is 0 Å². The SMILES string of the molecule is CC(=O)c1c(F)cccc1N1CCOC[C@@H]1C. The Bertz CT molecular complexity index is 433. The fourth-order valence-electron chi connectivity index (χ4n) is 2.19. The summed E-state index contributed by atoms with van der Waals surface area (Å²) in [6, 6.07) is 4.91. The summed E-state index contributed by atoms with van der Waals surface area (Å²) >= 11 is 0. The Kier molecular flexibility index (Phi) is 3.43. The molecule has 0 aliphatic carbocycles. The fraction of sp³-hybridized carbons (Fsp3) is 0.462. The minimum Gasteiger partial charge on any atom is -0.377 e. The number of carbonyl (C=O) groups excluding carboxylic acids is 1. The first-order valence-corrected chi connectivity index (χ1v) is 5.75. The maximum absolute atomic E-state index is 13.7. The number of hydrogen-bond donors (Lipinski definition) is 0. The van der Waals surface area contributed by atoms with Gasteiger partial charge < -0.3 is 9.64 Å². The summed E-state index contributed by atoms with van der Waals surface area (Å²) in [5.74, 6) is -0.689. The number of ether oxygens (including phenoxy) is 1. The molecule has 1 aliphatic heterocycles. The highest BCUT2D eigenvalue weighted by molar-refractivity contribution is 6.00. The fourth-order valence-corrected chi connectivity index (χ4v) is 2.19. The Balaban J connectivity index is 2.43. The van der Waals surface area contributed by atoms with Crippen LogP contribution in [0, 0.1) is 5.82 Å². The zero-order valence-corrected chi connectivity index (χ0v) is 10.1. The summed E-state index contributed by atoms with van der Waals surface area (Å²) in [6.45, 7) is 5.30. The van der Waals surface area contributed by atoms with E-state index in [4.69, 9.17) is 4.74 Å². The van der Waals surface area contributed by atoms with E-state index in [1.807, 2.05) is 11.8 Å². The van der Waals surface area contributed by atoms with Gasteiger partial charge in [0.25, 0.3) is 0 Å². The molecule has 0 unspecified atom stereocenters. The third kappa shape index (κ3) is 2.31. The van der Waals surface area contributed by atoms with E-state index in [0.29, 0.717) is 25.4 Å². The van der Waals surface area contributed by atoms with E-state index in [0.717, 1.165) is 0 Å². The van der Waals surface area contributed by atoms with Crippen molar-refractivity contribution in [3.8, 4) is 0 Å². The molecule has 2 rings (SSSR count). The number of morpholine rings is 1. The molecule has 1 saturated heterocycles. The smallest absolute Gasteiger partial charge is 0.164 e. The summed E-state index contributed by atoms with van der Waals surface area (Å²) in [6.07, 6.45) is 0. The van der Waals surface area contributed by atoms with E-state index >= 15 is 0 Å². The molecule has 17 heavy (non-hydrogen) atoms. The van der Waals surface area contributed by atoms with Crippen LogP contribution in [0.5, 0.6) is 0 Å². The van der Waals surface area contributed by atoms with Gasteiger partial charge in [-0.2, -0.15) is 0 Å². The quantitative estimate of drug-likeness (QED) is 0.739. The third-order valence-corrected chi connectivity index (χ3v) is 3.02. The monoisotopic (exact) mass is 237 g/mol. The largest absolute Gasteiger partial charge is 0.377 e. The van der Waals surface area contributed by atoms with Gasteiger partial charge in [0.15, 0.2) is 5.78 Å². The lowest BCUT2D eigenvalue weighted by atomic mass is 10.1. The average molecular weight is 237 g/mol. The molecule has 0 N–H and O–H groups in total. The van der Waals surface area contributed by atoms with Gasteiger partial charge in [-0.1, -0.05) is 6.07 Å². The van der Waals surface area contributed by atoms with Gasteiger partial charge in [-0.25, -0.2) is 4.39 Å². The molecule has 0 aromatic heterocycles. The van der Waals surface area contributed by atoms with Gasteiger partial charge in [0.1, 0.15) is 5.82 Å². The van der Waals surface area contributed by atoms with Gasteiger partial charge in [0.2, 0.25) is 0 Å². The molecule has 4 heteroatoms. The molecule has 1 atom stereocenters. The highest BCUT2D eigenvalue weighted by Crippen LogP contribution is 2.26. The zero-order chi connectivity index (χ0) is 12.4. The van der Waals surface area contributed by atoms with Crippen LogP contribution in [-0.4, -0.2) is 31.6 Å². The summed E-state index contributed by atoms with van der Waals surface area (Å²) < 4.78 is 19.0. The first-order chi connectivity index (χ1) is 8.11. The number of nitrogens with zero attached hydrogens (tertiary/aromatic N) is 1. The van der Waals surface area contributed by atoms with Gasteiger partial charge in [-0.3, -0.25) is 4.79 Å². The maximum atomic E-state index is 13.7. The molecule has 0 radical (unpaired) electrons. The van der Waals surface area contributed by atoms with Crippen molar-refractivity contribution in [1.82, 2.24) is 0 Å². The minimum atomic E-state index is -0.450. The molecule has 1 aliphatic rings. The molecule has 92 valence electrons. The molecule has 3 nitrogen and oxygen atoms in total. The second-order valence-electron chi connectivity index (χ2n) is 4.31. The van der Waals surface area contributed by atoms with Crippen LogP contribution in [0.4, 0.5) is 10.1 Å². The Morgan fingerprint density at radius 3 is 2.94 bits per heavy atom. The van der Waals surface area contributed by atoms with E-state index in [9.17, 15) is 9.18 Å². The number of rotatable bonds is 2. The van der Waals surface area contributed by atoms with E-state index in [2.05, 4.69) is 0 Å². The molecule has 1 fully saturated rings.